The number of likely N-dealkylation sites (N-methyl/N-ethyl adjacent to an activating group) is 1. The van der Waals surface area contributed by atoms with E-state index < -0.39 is 5.97 Å². The van der Waals surface area contributed by atoms with E-state index in [4.69, 9.17) is 4.42 Å². The maximum absolute atomic E-state index is 12.2. The number of amides is 1. The molecule has 1 N–H and O–H groups in total. The highest BCUT2D eigenvalue weighted by atomic mass is 16.5. The van der Waals surface area contributed by atoms with Crippen LogP contribution in [-0.4, -0.2) is 37.5 Å². The van der Waals surface area contributed by atoms with E-state index in [0.29, 0.717) is 12.3 Å². The van der Waals surface area contributed by atoms with Crippen LogP contribution in [0.5, 0.6) is 0 Å². The summed E-state index contributed by atoms with van der Waals surface area (Å²) in [4.78, 5) is 25.3. The van der Waals surface area contributed by atoms with Gasteiger partial charge in [0.2, 0.25) is 11.7 Å². The van der Waals surface area contributed by atoms with Gasteiger partial charge in [0, 0.05) is 5.69 Å². The number of methoxy groups -OCH3 is 1. The molecule has 128 valence electrons. The zero-order valence-electron chi connectivity index (χ0n) is 14.4. The topological polar surface area (TPSA) is 71.8 Å². The van der Waals surface area contributed by atoms with Gasteiger partial charge in [0.15, 0.2) is 0 Å². The first-order valence-electron chi connectivity index (χ1n) is 7.62. The minimum Gasteiger partial charge on any atom is -0.463 e. The lowest BCUT2D eigenvalue weighted by Gasteiger charge is -2.16. The van der Waals surface area contributed by atoms with E-state index in [0.717, 1.165) is 16.8 Å². The van der Waals surface area contributed by atoms with Crippen LogP contribution in [0.3, 0.4) is 0 Å². The number of rotatable bonds is 6. The van der Waals surface area contributed by atoms with Gasteiger partial charge in [0.25, 0.3) is 0 Å². The Bertz CT molecular complexity index is 736. The van der Waals surface area contributed by atoms with Crippen molar-refractivity contribution in [1.82, 2.24) is 4.90 Å². The van der Waals surface area contributed by atoms with Gasteiger partial charge in [-0.2, -0.15) is 0 Å². The first kappa shape index (κ1) is 17.7. The fraction of sp³-hybridized carbons (Fsp3) is 0.333. The summed E-state index contributed by atoms with van der Waals surface area (Å²) in [5.41, 5.74) is 3.01. The van der Waals surface area contributed by atoms with Crippen molar-refractivity contribution in [2.24, 2.45) is 0 Å². The van der Waals surface area contributed by atoms with E-state index in [1.54, 1.807) is 17.0 Å². The third kappa shape index (κ3) is 4.45. The van der Waals surface area contributed by atoms with Crippen molar-refractivity contribution in [3.8, 4) is 0 Å². The van der Waals surface area contributed by atoms with Gasteiger partial charge in [-0.15, -0.1) is 0 Å². The van der Waals surface area contributed by atoms with Crippen LogP contribution < -0.4 is 5.32 Å². The summed E-state index contributed by atoms with van der Waals surface area (Å²) in [5, 5.41) is 2.91. The molecule has 0 fully saturated rings. The summed E-state index contributed by atoms with van der Waals surface area (Å²) < 4.78 is 9.99. The fourth-order valence-corrected chi connectivity index (χ4v) is 2.32. The van der Waals surface area contributed by atoms with Crippen molar-refractivity contribution in [3.63, 3.8) is 0 Å². The Morgan fingerprint density at radius 3 is 2.67 bits per heavy atom. The summed E-state index contributed by atoms with van der Waals surface area (Å²) >= 11 is 0. The zero-order chi connectivity index (χ0) is 17.7. The average Bonchev–Trinajstić information content (AvgIpc) is 2.99. The van der Waals surface area contributed by atoms with Crippen molar-refractivity contribution < 1.29 is 18.7 Å². The molecule has 0 aliphatic heterocycles. The molecule has 0 unspecified atom stereocenters. The van der Waals surface area contributed by atoms with Crippen molar-refractivity contribution >= 4 is 17.6 Å². The van der Waals surface area contributed by atoms with E-state index in [9.17, 15) is 9.59 Å². The molecule has 6 heteroatoms. The van der Waals surface area contributed by atoms with Crippen LogP contribution in [0, 0.1) is 13.8 Å². The standard InChI is InChI=1S/C18H22N2O4/c1-12-6-5-7-15(13(12)2)19-17(21)11-20(3)10-14-8-9-16(24-14)18(22)23-4/h5-9H,10-11H2,1-4H3,(H,19,21). The number of furan rings is 1. The molecule has 0 atom stereocenters. The summed E-state index contributed by atoms with van der Waals surface area (Å²) in [6, 6.07) is 9.07. The van der Waals surface area contributed by atoms with Gasteiger partial charge in [-0.3, -0.25) is 9.69 Å². The first-order valence-corrected chi connectivity index (χ1v) is 7.62. The lowest BCUT2D eigenvalue weighted by Crippen LogP contribution is -2.30. The molecule has 2 aromatic rings. The van der Waals surface area contributed by atoms with Crippen molar-refractivity contribution in [3.05, 3.63) is 53.0 Å². The molecule has 0 saturated carbocycles. The van der Waals surface area contributed by atoms with E-state index >= 15 is 0 Å². The van der Waals surface area contributed by atoms with Crippen LogP contribution >= 0.6 is 0 Å². The van der Waals surface area contributed by atoms with E-state index in [-0.39, 0.29) is 18.2 Å². The van der Waals surface area contributed by atoms with Crippen LogP contribution in [-0.2, 0) is 16.1 Å². The predicted molar refractivity (Wildman–Crippen MR) is 90.9 cm³/mol. The van der Waals surface area contributed by atoms with Gasteiger partial charge in [0.05, 0.1) is 20.2 Å². The molecule has 0 spiro atoms. The third-order valence-corrected chi connectivity index (χ3v) is 3.77. The quantitative estimate of drug-likeness (QED) is 0.825. The SMILES string of the molecule is COC(=O)c1ccc(CN(C)CC(=O)Nc2cccc(C)c2C)o1. The molecule has 1 amide bonds. The van der Waals surface area contributed by atoms with Crippen LogP contribution in [0.2, 0.25) is 0 Å². The molecule has 24 heavy (non-hydrogen) atoms. The van der Waals surface area contributed by atoms with Gasteiger partial charge < -0.3 is 14.5 Å². The number of carbonyl (C=O) groups is 2. The van der Waals surface area contributed by atoms with Crippen LogP contribution in [0.25, 0.3) is 0 Å². The lowest BCUT2D eigenvalue weighted by molar-refractivity contribution is -0.117. The minimum absolute atomic E-state index is 0.106. The molecular formula is C18H22N2O4. The molecule has 2 rings (SSSR count). The number of hydrogen-bond acceptors (Lipinski definition) is 5. The van der Waals surface area contributed by atoms with Crippen LogP contribution in [0.15, 0.2) is 34.7 Å². The maximum Gasteiger partial charge on any atom is 0.373 e. The average molecular weight is 330 g/mol. The normalized spacial score (nSPS) is 10.7. The summed E-state index contributed by atoms with van der Waals surface area (Å²) in [6.45, 7) is 4.61. The highest BCUT2D eigenvalue weighted by Crippen LogP contribution is 2.18. The Morgan fingerprint density at radius 1 is 1.21 bits per heavy atom. The second kappa shape index (κ2) is 7.79. The molecule has 0 saturated heterocycles. The second-order valence-electron chi connectivity index (χ2n) is 5.73. The number of nitrogens with zero attached hydrogens (tertiary/aromatic N) is 1. The van der Waals surface area contributed by atoms with Gasteiger partial charge in [-0.05, 0) is 50.2 Å². The van der Waals surface area contributed by atoms with Crippen molar-refractivity contribution in [2.75, 3.05) is 26.0 Å². The molecule has 6 nitrogen and oxygen atoms in total. The number of aryl methyl sites for hydroxylation is 1. The molecule has 0 aliphatic carbocycles. The highest BCUT2D eigenvalue weighted by Gasteiger charge is 2.14. The third-order valence-electron chi connectivity index (χ3n) is 3.77. The van der Waals surface area contributed by atoms with E-state index in [1.165, 1.54) is 7.11 Å². The van der Waals surface area contributed by atoms with Crippen molar-refractivity contribution in [1.29, 1.82) is 0 Å². The zero-order valence-corrected chi connectivity index (χ0v) is 14.4. The summed E-state index contributed by atoms with van der Waals surface area (Å²) in [7, 11) is 3.11. The Balaban J connectivity index is 1.91. The Hall–Kier alpha value is -2.60. The van der Waals surface area contributed by atoms with Gasteiger partial charge in [-0.25, -0.2) is 4.79 Å². The van der Waals surface area contributed by atoms with Crippen molar-refractivity contribution in [2.45, 2.75) is 20.4 Å². The molecular weight excluding hydrogens is 308 g/mol. The maximum atomic E-state index is 12.2. The number of carbonyl (C=O) groups excluding carboxylic acids is 2. The summed E-state index contributed by atoms with van der Waals surface area (Å²) in [6.07, 6.45) is 0. The largest absolute Gasteiger partial charge is 0.463 e. The van der Waals surface area contributed by atoms with Gasteiger partial charge in [0.1, 0.15) is 5.76 Å². The first-order chi connectivity index (χ1) is 11.4. The molecule has 0 bridgehead atoms. The minimum atomic E-state index is -0.517. The molecule has 1 aromatic heterocycles. The Morgan fingerprint density at radius 2 is 1.96 bits per heavy atom. The second-order valence-corrected chi connectivity index (χ2v) is 5.73. The van der Waals surface area contributed by atoms with E-state index in [1.807, 2.05) is 39.1 Å². The summed E-state index contributed by atoms with van der Waals surface area (Å²) in [5.74, 6) is 0.126. The van der Waals surface area contributed by atoms with Crippen LogP contribution in [0.1, 0.15) is 27.4 Å². The highest BCUT2D eigenvalue weighted by molar-refractivity contribution is 5.93. The molecule has 1 aromatic carbocycles. The number of benzene rings is 1. The molecule has 0 radical (unpaired) electrons. The molecule has 0 aliphatic rings. The number of anilines is 1. The van der Waals surface area contributed by atoms with E-state index in [2.05, 4.69) is 10.1 Å². The van der Waals surface area contributed by atoms with Gasteiger partial charge in [-0.1, -0.05) is 12.1 Å². The number of ether oxygens (including phenoxy) is 1. The number of nitrogens with one attached hydrogen (secondary N) is 1. The predicted octanol–water partition coefficient (Wildman–Crippen LogP) is 2.75. The lowest BCUT2D eigenvalue weighted by atomic mass is 10.1. The number of hydrogen-bond donors (Lipinski definition) is 1. The molecule has 1 heterocycles. The Labute approximate surface area is 141 Å². The fourth-order valence-electron chi connectivity index (χ4n) is 2.32. The number of esters is 1. The van der Waals surface area contributed by atoms with Crippen LogP contribution in [0.4, 0.5) is 5.69 Å². The van der Waals surface area contributed by atoms with Gasteiger partial charge >= 0.3 is 5.97 Å². The smallest absolute Gasteiger partial charge is 0.373 e. The Kier molecular flexibility index (Phi) is 5.76. The monoisotopic (exact) mass is 330 g/mol.